The molecule has 1 amide bonds. The molecule has 2 heterocycles. The van der Waals surface area contributed by atoms with Crippen LogP contribution in [0.5, 0.6) is 0 Å². The number of rotatable bonds is 8. The Balaban J connectivity index is 1.13. The summed E-state index contributed by atoms with van der Waals surface area (Å²) >= 11 is 0. The monoisotopic (exact) mass is 685 g/mol. The van der Waals surface area contributed by atoms with E-state index in [-0.39, 0.29) is 30.5 Å². The van der Waals surface area contributed by atoms with Gasteiger partial charge in [-0.2, -0.15) is 0 Å². The zero-order chi connectivity index (χ0) is 35.7. The van der Waals surface area contributed by atoms with Crippen LogP contribution in [0.3, 0.4) is 0 Å². The van der Waals surface area contributed by atoms with Crippen LogP contribution in [0, 0.1) is 11.7 Å². The Morgan fingerprint density at radius 3 is 2.36 bits per heavy atom. The zero-order valence-corrected chi connectivity index (χ0v) is 29.7. The number of ether oxygens (including phenoxy) is 1. The number of piperidine rings is 1. The number of anilines is 1. The van der Waals surface area contributed by atoms with Crippen molar-refractivity contribution in [2.45, 2.75) is 96.0 Å². The quantitative estimate of drug-likeness (QED) is 0.228. The molecule has 0 bridgehead atoms. The number of amides is 1. The summed E-state index contributed by atoms with van der Waals surface area (Å²) in [4.78, 5) is 46.6. The van der Waals surface area contributed by atoms with Gasteiger partial charge in [-0.25, -0.2) is 13.6 Å². The highest BCUT2D eigenvalue weighted by Crippen LogP contribution is 2.41. The van der Waals surface area contributed by atoms with E-state index in [1.165, 1.54) is 19.1 Å². The van der Waals surface area contributed by atoms with E-state index in [0.717, 1.165) is 55.7 Å². The number of hydrogen-bond donors (Lipinski definition) is 0. The number of benzene rings is 3. The van der Waals surface area contributed by atoms with Gasteiger partial charge in [0.05, 0.1) is 12.2 Å². The molecule has 0 radical (unpaired) electrons. The van der Waals surface area contributed by atoms with E-state index in [4.69, 9.17) is 4.74 Å². The van der Waals surface area contributed by atoms with Gasteiger partial charge in [0, 0.05) is 31.7 Å². The predicted molar refractivity (Wildman–Crippen MR) is 190 cm³/mol. The van der Waals surface area contributed by atoms with Crippen LogP contribution in [0.4, 0.5) is 14.5 Å². The van der Waals surface area contributed by atoms with E-state index in [1.807, 2.05) is 45.0 Å². The zero-order valence-electron chi connectivity index (χ0n) is 29.7. The van der Waals surface area contributed by atoms with Crippen molar-refractivity contribution in [3.63, 3.8) is 0 Å². The molecule has 3 aromatic carbocycles. The molecule has 6 rings (SSSR count). The van der Waals surface area contributed by atoms with Crippen molar-refractivity contribution in [2.75, 3.05) is 31.2 Å². The molecule has 0 N–H and O–H groups in total. The number of carbonyl (C=O) groups excluding carboxylic acids is 3. The topological polar surface area (TPSA) is 70.2 Å². The molecule has 2 saturated heterocycles. The normalized spacial score (nSPS) is 22.7. The second-order valence-electron chi connectivity index (χ2n) is 15.4. The molecule has 1 spiro atoms. The standard InChI is InChI=1S/C41H49F2N3O4/c1-39(2,3)50-37(48)34-13-7-5-12-31(34)27-45-28-46(33-18-16-32(42)17-19-33)41(38(45)49)21-24-44(25-22-41)23-9-10-29-15-20-36(47)40(4,43)35-14-8-6-11-30(35)26-29/h5-8,11-14,16-19,29H,9-10,15,20-28H2,1-4H3. The van der Waals surface area contributed by atoms with E-state index in [9.17, 15) is 18.8 Å². The van der Waals surface area contributed by atoms with Crippen LogP contribution in [0.2, 0.25) is 0 Å². The van der Waals surface area contributed by atoms with Gasteiger partial charge in [-0.05, 0) is 126 Å². The highest BCUT2D eigenvalue weighted by molar-refractivity contribution is 5.95. The van der Waals surface area contributed by atoms with Gasteiger partial charge in [-0.1, -0.05) is 42.5 Å². The van der Waals surface area contributed by atoms with Crippen LogP contribution in [0.15, 0.2) is 72.8 Å². The molecule has 9 heteroatoms. The second kappa shape index (κ2) is 14.3. The molecule has 0 aromatic heterocycles. The van der Waals surface area contributed by atoms with Crippen LogP contribution in [-0.4, -0.2) is 64.9 Å². The lowest BCUT2D eigenvalue weighted by atomic mass is 9.78. The number of carbonyl (C=O) groups is 3. The average Bonchev–Trinajstić information content (AvgIpc) is 3.33. The van der Waals surface area contributed by atoms with Gasteiger partial charge in [0.2, 0.25) is 5.91 Å². The van der Waals surface area contributed by atoms with Crippen LogP contribution >= 0.6 is 0 Å². The van der Waals surface area contributed by atoms with Crippen molar-refractivity contribution in [1.29, 1.82) is 0 Å². The third-order valence-corrected chi connectivity index (χ3v) is 10.8. The lowest BCUT2D eigenvalue weighted by Gasteiger charge is -2.43. The van der Waals surface area contributed by atoms with Crippen LogP contribution < -0.4 is 4.90 Å². The van der Waals surface area contributed by atoms with Gasteiger partial charge < -0.3 is 19.4 Å². The minimum absolute atomic E-state index is 0.0122. The fraction of sp³-hybridized carbons (Fsp3) is 0.488. The first-order valence-corrected chi connectivity index (χ1v) is 17.9. The molecule has 3 aliphatic rings. The summed E-state index contributed by atoms with van der Waals surface area (Å²) in [5.74, 6) is -0.783. The number of esters is 1. The van der Waals surface area contributed by atoms with Gasteiger partial charge in [0.15, 0.2) is 11.5 Å². The number of halogens is 2. The molecule has 2 fully saturated rings. The van der Waals surface area contributed by atoms with Gasteiger partial charge in [0.25, 0.3) is 0 Å². The van der Waals surface area contributed by atoms with Gasteiger partial charge in [-0.15, -0.1) is 0 Å². The summed E-state index contributed by atoms with van der Waals surface area (Å²) in [6, 6.07) is 21.0. The third-order valence-electron chi connectivity index (χ3n) is 10.8. The molecule has 50 heavy (non-hydrogen) atoms. The predicted octanol–water partition coefficient (Wildman–Crippen LogP) is 7.61. The molecule has 1 aliphatic carbocycles. The molecule has 0 saturated carbocycles. The Kier molecular flexibility index (Phi) is 10.2. The van der Waals surface area contributed by atoms with Crippen molar-refractivity contribution in [1.82, 2.24) is 9.80 Å². The van der Waals surface area contributed by atoms with E-state index in [0.29, 0.717) is 43.0 Å². The molecule has 2 atom stereocenters. The molecular formula is C41H49F2N3O4. The SMILES string of the molecule is CC(C)(C)OC(=O)c1ccccc1CN1CN(c2ccc(F)cc2)C2(CCN(CCCC3CCC(=O)C(C)(F)c4ccccc4C3)CC2)C1=O. The van der Waals surface area contributed by atoms with Crippen LogP contribution in [0.25, 0.3) is 0 Å². The van der Waals surface area contributed by atoms with Gasteiger partial charge >= 0.3 is 5.97 Å². The van der Waals surface area contributed by atoms with Crippen molar-refractivity contribution >= 4 is 23.3 Å². The minimum Gasteiger partial charge on any atom is -0.456 e. The summed E-state index contributed by atoms with van der Waals surface area (Å²) in [7, 11) is 0. The fourth-order valence-electron chi connectivity index (χ4n) is 8.02. The molecule has 266 valence electrons. The summed E-state index contributed by atoms with van der Waals surface area (Å²) in [6.45, 7) is 9.81. The average molecular weight is 686 g/mol. The highest BCUT2D eigenvalue weighted by atomic mass is 19.1. The smallest absolute Gasteiger partial charge is 0.338 e. The van der Waals surface area contributed by atoms with Crippen LogP contribution in [-0.2, 0) is 33.0 Å². The number of nitrogens with zero attached hydrogens (tertiary/aromatic N) is 3. The second-order valence-corrected chi connectivity index (χ2v) is 15.4. The van der Waals surface area contributed by atoms with E-state index >= 15 is 4.39 Å². The lowest BCUT2D eigenvalue weighted by Crippen LogP contribution is -2.56. The van der Waals surface area contributed by atoms with Crippen LogP contribution in [0.1, 0.15) is 93.3 Å². The number of ketones is 1. The van der Waals surface area contributed by atoms with E-state index in [1.54, 1.807) is 41.3 Å². The van der Waals surface area contributed by atoms with Crippen molar-refractivity contribution in [2.24, 2.45) is 5.92 Å². The largest absolute Gasteiger partial charge is 0.456 e. The van der Waals surface area contributed by atoms with Crippen molar-refractivity contribution < 1.29 is 27.9 Å². The number of fused-ring (bicyclic) bond motifs is 1. The minimum atomic E-state index is -1.94. The van der Waals surface area contributed by atoms with E-state index in [2.05, 4.69) is 9.80 Å². The summed E-state index contributed by atoms with van der Waals surface area (Å²) in [5.41, 5.74) is 0.00901. The fourth-order valence-corrected chi connectivity index (χ4v) is 8.02. The first-order chi connectivity index (χ1) is 23.8. The van der Waals surface area contributed by atoms with Gasteiger partial charge in [-0.3, -0.25) is 9.59 Å². The van der Waals surface area contributed by atoms with Crippen molar-refractivity contribution in [3.05, 3.63) is 101 Å². The van der Waals surface area contributed by atoms with E-state index < -0.39 is 22.8 Å². The summed E-state index contributed by atoms with van der Waals surface area (Å²) in [6.07, 6.45) is 4.83. The molecule has 2 aliphatic heterocycles. The Bertz CT molecular complexity index is 1710. The molecule has 3 aromatic rings. The first kappa shape index (κ1) is 35.7. The highest BCUT2D eigenvalue weighted by Gasteiger charge is 2.53. The molecule has 2 unspecified atom stereocenters. The molecular weight excluding hydrogens is 636 g/mol. The Morgan fingerprint density at radius 1 is 0.960 bits per heavy atom. The maximum absolute atomic E-state index is 15.4. The molecule has 7 nitrogen and oxygen atoms in total. The summed E-state index contributed by atoms with van der Waals surface area (Å²) < 4.78 is 35.1. The maximum atomic E-state index is 15.4. The first-order valence-electron chi connectivity index (χ1n) is 17.9. The summed E-state index contributed by atoms with van der Waals surface area (Å²) in [5, 5.41) is 0. The maximum Gasteiger partial charge on any atom is 0.338 e. The number of Topliss-reactive ketones (excluding diaryl/α,β-unsaturated/α-hetero) is 1. The number of alkyl halides is 1. The number of hydrogen-bond acceptors (Lipinski definition) is 6. The Morgan fingerprint density at radius 2 is 1.64 bits per heavy atom. The Labute approximate surface area is 294 Å². The van der Waals surface area contributed by atoms with Crippen molar-refractivity contribution in [3.8, 4) is 0 Å². The van der Waals surface area contributed by atoms with Gasteiger partial charge in [0.1, 0.15) is 17.0 Å². The number of likely N-dealkylation sites (tertiary alicyclic amines) is 1. The lowest BCUT2D eigenvalue weighted by molar-refractivity contribution is -0.134. The Hall–Kier alpha value is -4.11. The third kappa shape index (κ3) is 7.48.